The number of alkyl halides is 3. The maximum Gasteiger partial charge on any atom is 0.471 e. The van der Waals surface area contributed by atoms with Gasteiger partial charge in [0.05, 0.1) is 22.5 Å². The third kappa shape index (κ3) is 6.20. The van der Waals surface area contributed by atoms with Crippen LogP contribution < -0.4 is 5.32 Å². The Morgan fingerprint density at radius 1 is 0.971 bits per heavy atom. The van der Waals surface area contributed by atoms with Gasteiger partial charge < -0.3 is 10.1 Å². The molecule has 0 aromatic heterocycles. The molecule has 0 bridgehead atoms. The molecular weight excluding hydrogens is 507 g/mol. The van der Waals surface area contributed by atoms with Gasteiger partial charge in [0.15, 0.2) is 0 Å². The number of nitrogens with one attached hydrogen (secondary N) is 1. The topological polar surface area (TPSA) is 89.5 Å². The maximum atomic E-state index is 13.0. The largest absolute Gasteiger partial charge is 0.471 e. The van der Waals surface area contributed by atoms with E-state index in [4.69, 9.17) is 16.3 Å². The molecule has 0 aliphatic heterocycles. The summed E-state index contributed by atoms with van der Waals surface area (Å²) < 4.78 is 67.5. The quantitative estimate of drug-likeness (QED) is 0.446. The summed E-state index contributed by atoms with van der Waals surface area (Å²) in [5, 5.41) is 1.91. The van der Waals surface area contributed by atoms with Gasteiger partial charge in [-0.05, 0) is 53.9 Å². The van der Waals surface area contributed by atoms with Crippen LogP contribution in [0.3, 0.4) is 0 Å². The van der Waals surface area contributed by atoms with Crippen molar-refractivity contribution in [1.29, 1.82) is 0 Å². The Morgan fingerprint density at radius 2 is 1.63 bits per heavy atom. The third-order valence-corrected chi connectivity index (χ3v) is 7.12. The van der Waals surface area contributed by atoms with Crippen molar-refractivity contribution in [2.75, 3.05) is 13.7 Å². The predicted octanol–water partition coefficient (Wildman–Crippen LogP) is 4.85. The SMILES string of the molecule is COC(=O)c1cccc(-c2ccc(S(=O)(=O)c3ccc(CCNC(=O)C(F)(F)F)cc3)cc2Cl)c1. The fourth-order valence-corrected chi connectivity index (χ4v) is 4.86. The van der Waals surface area contributed by atoms with Crippen molar-refractivity contribution in [2.45, 2.75) is 22.4 Å². The van der Waals surface area contributed by atoms with E-state index in [0.717, 1.165) is 0 Å². The Balaban J connectivity index is 1.77. The molecule has 0 saturated heterocycles. The molecule has 0 unspecified atom stereocenters. The molecule has 1 amide bonds. The molecule has 3 aromatic rings. The molecule has 0 aliphatic rings. The molecule has 0 fully saturated rings. The summed E-state index contributed by atoms with van der Waals surface area (Å²) in [6.45, 7) is -0.251. The molecule has 0 aliphatic carbocycles. The van der Waals surface area contributed by atoms with Crippen LogP contribution in [0.1, 0.15) is 15.9 Å². The Morgan fingerprint density at radius 3 is 2.23 bits per heavy atom. The molecule has 0 radical (unpaired) electrons. The number of hydrogen-bond donors (Lipinski definition) is 1. The zero-order valence-electron chi connectivity index (χ0n) is 18.2. The summed E-state index contributed by atoms with van der Waals surface area (Å²) >= 11 is 6.37. The zero-order chi connectivity index (χ0) is 25.8. The van der Waals surface area contributed by atoms with E-state index in [1.807, 2.05) is 0 Å². The molecule has 3 rings (SSSR count). The lowest BCUT2D eigenvalue weighted by Crippen LogP contribution is -2.37. The first-order chi connectivity index (χ1) is 16.4. The molecule has 35 heavy (non-hydrogen) atoms. The minimum absolute atomic E-state index is 0.0305. The first-order valence-corrected chi connectivity index (χ1v) is 12.0. The van der Waals surface area contributed by atoms with Gasteiger partial charge in [0.2, 0.25) is 9.84 Å². The molecule has 6 nitrogen and oxygen atoms in total. The van der Waals surface area contributed by atoms with Crippen LogP contribution in [0.2, 0.25) is 5.02 Å². The Kier molecular flexibility index (Phi) is 7.86. The summed E-state index contributed by atoms with van der Waals surface area (Å²) in [6.07, 6.45) is -4.87. The average Bonchev–Trinajstić information content (AvgIpc) is 2.83. The van der Waals surface area contributed by atoms with Crippen molar-refractivity contribution in [3.8, 4) is 11.1 Å². The monoisotopic (exact) mass is 525 g/mol. The van der Waals surface area contributed by atoms with Gasteiger partial charge in [0.25, 0.3) is 0 Å². The first kappa shape index (κ1) is 26.2. The van der Waals surface area contributed by atoms with Crippen LogP contribution in [0, 0.1) is 0 Å². The van der Waals surface area contributed by atoms with Crippen LogP contribution in [0.25, 0.3) is 11.1 Å². The van der Waals surface area contributed by atoms with Crippen LogP contribution >= 0.6 is 11.6 Å². The fraction of sp³-hybridized carbons (Fsp3) is 0.167. The number of methoxy groups -OCH3 is 1. The summed E-state index contributed by atoms with van der Waals surface area (Å²) in [6, 6.07) is 16.3. The van der Waals surface area contributed by atoms with Crippen LogP contribution in [0.15, 0.2) is 76.5 Å². The second kappa shape index (κ2) is 10.5. The summed E-state index contributed by atoms with van der Waals surface area (Å²) in [5.41, 5.74) is 1.98. The lowest BCUT2D eigenvalue weighted by Gasteiger charge is -2.11. The van der Waals surface area contributed by atoms with Crippen LogP contribution in [0.5, 0.6) is 0 Å². The zero-order valence-corrected chi connectivity index (χ0v) is 19.8. The molecule has 1 N–H and O–H groups in total. The number of carbonyl (C=O) groups is 2. The number of hydrogen-bond acceptors (Lipinski definition) is 5. The molecule has 0 spiro atoms. The second-order valence-corrected chi connectivity index (χ2v) is 9.72. The molecular formula is C24H19ClF3NO5S. The number of rotatable bonds is 7. The number of sulfone groups is 1. The number of esters is 1. The number of halogens is 4. The highest BCUT2D eigenvalue weighted by Crippen LogP contribution is 2.32. The van der Waals surface area contributed by atoms with E-state index in [0.29, 0.717) is 22.3 Å². The molecule has 0 heterocycles. The fourth-order valence-electron chi connectivity index (χ4n) is 3.22. The van der Waals surface area contributed by atoms with Gasteiger partial charge in [-0.3, -0.25) is 4.79 Å². The van der Waals surface area contributed by atoms with E-state index in [2.05, 4.69) is 0 Å². The van der Waals surface area contributed by atoms with Crippen LogP contribution in [-0.4, -0.2) is 40.1 Å². The highest BCUT2D eigenvalue weighted by Gasteiger charge is 2.38. The Labute approximate surface area is 204 Å². The lowest BCUT2D eigenvalue weighted by molar-refractivity contribution is -0.173. The first-order valence-electron chi connectivity index (χ1n) is 10.1. The number of benzene rings is 3. The predicted molar refractivity (Wildman–Crippen MR) is 123 cm³/mol. The molecule has 11 heteroatoms. The number of amides is 1. The summed E-state index contributed by atoms with van der Waals surface area (Å²) in [5.74, 6) is -2.55. The van der Waals surface area contributed by atoms with Gasteiger partial charge in [-0.25, -0.2) is 13.2 Å². The van der Waals surface area contributed by atoms with Crippen LogP contribution in [0.4, 0.5) is 13.2 Å². The third-order valence-electron chi connectivity index (χ3n) is 5.04. The normalized spacial score (nSPS) is 11.7. The maximum absolute atomic E-state index is 13.0. The van der Waals surface area contributed by atoms with Gasteiger partial charge in [-0.1, -0.05) is 41.9 Å². The van der Waals surface area contributed by atoms with E-state index in [1.165, 1.54) is 49.6 Å². The summed E-state index contributed by atoms with van der Waals surface area (Å²) in [7, 11) is -2.67. The average molecular weight is 526 g/mol. The Bertz CT molecular complexity index is 1360. The van der Waals surface area contributed by atoms with Crippen molar-refractivity contribution < 1.29 is 35.9 Å². The van der Waals surface area contributed by atoms with Gasteiger partial charge >= 0.3 is 18.1 Å². The number of ether oxygens (including phenoxy) is 1. The molecule has 0 saturated carbocycles. The van der Waals surface area contributed by atoms with Crippen molar-refractivity contribution in [3.63, 3.8) is 0 Å². The van der Waals surface area contributed by atoms with Crippen molar-refractivity contribution in [2.24, 2.45) is 0 Å². The summed E-state index contributed by atoms with van der Waals surface area (Å²) in [4.78, 5) is 22.5. The standard InChI is InChI=1S/C24H19ClF3NO5S/c1-34-22(30)17-4-2-3-16(13-17)20-10-9-19(14-21(20)25)35(32,33)18-7-5-15(6-8-18)11-12-29-23(31)24(26,27)28/h2-10,13-14H,11-12H2,1H3,(H,29,31). The van der Waals surface area contributed by atoms with Crippen molar-refractivity contribution in [3.05, 3.63) is 82.9 Å². The number of carbonyl (C=O) groups excluding carboxylic acids is 2. The van der Waals surface area contributed by atoms with E-state index >= 15 is 0 Å². The van der Waals surface area contributed by atoms with Gasteiger partial charge in [0, 0.05) is 17.1 Å². The van der Waals surface area contributed by atoms with Gasteiger partial charge in [-0.15, -0.1) is 0 Å². The van der Waals surface area contributed by atoms with E-state index < -0.39 is 27.9 Å². The van der Waals surface area contributed by atoms with E-state index in [-0.39, 0.29) is 27.8 Å². The molecule has 3 aromatic carbocycles. The second-order valence-electron chi connectivity index (χ2n) is 7.37. The van der Waals surface area contributed by atoms with Gasteiger partial charge in [0.1, 0.15) is 0 Å². The smallest absolute Gasteiger partial charge is 0.465 e. The highest BCUT2D eigenvalue weighted by atomic mass is 35.5. The van der Waals surface area contributed by atoms with Crippen molar-refractivity contribution >= 4 is 33.3 Å². The Hall–Kier alpha value is -3.37. The minimum Gasteiger partial charge on any atom is -0.465 e. The minimum atomic E-state index is -4.96. The molecule has 0 atom stereocenters. The highest BCUT2D eigenvalue weighted by molar-refractivity contribution is 7.91. The van der Waals surface area contributed by atoms with Gasteiger partial charge in [-0.2, -0.15) is 13.2 Å². The van der Waals surface area contributed by atoms with Crippen molar-refractivity contribution in [1.82, 2.24) is 5.32 Å². The van der Waals surface area contributed by atoms with E-state index in [1.54, 1.807) is 29.6 Å². The van der Waals surface area contributed by atoms with Crippen LogP contribution in [-0.2, 0) is 25.8 Å². The molecule has 184 valence electrons. The van der Waals surface area contributed by atoms with E-state index in [9.17, 15) is 31.2 Å². The lowest BCUT2D eigenvalue weighted by atomic mass is 10.0.